The number of allylic oxidation sites excluding steroid dienone is 24. The number of carbonyl (C=O) groups is 2. The Hall–Kier alpha value is -4.11. The van der Waals surface area contributed by atoms with Gasteiger partial charge in [-0.15, -0.1) is 0 Å². The molecule has 0 heterocycles. The Balaban J connectivity index is 4.08. The maximum atomic E-state index is 12.9. The van der Waals surface area contributed by atoms with Gasteiger partial charge in [-0.3, -0.25) is 18.6 Å². The number of rotatable bonds is 58. The maximum absolute atomic E-state index is 12.9. The first-order valence-electron chi connectivity index (χ1n) is 32.6. The van der Waals surface area contributed by atoms with E-state index in [1.54, 1.807) is 0 Å². The second-order valence-electron chi connectivity index (χ2n) is 22.4. The van der Waals surface area contributed by atoms with Crippen LogP contribution in [0.1, 0.15) is 245 Å². The lowest BCUT2D eigenvalue weighted by molar-refractivity contribution is -0.870. The molecular formula is C72H121NO8P+. The molecule has 0 rings (SSSR count). The van der Waals surface area contributed by atoms with Gasteiger partial charge in [-0.25, -0.2) is 4.57 Å². The summed E-state index contributed by atoms with van der Waals surface area (Å²) < 4.78 is 34.6. The fourth-order valence-corrected chi connectivity index (χ4v) is 9.18. The molecule has 0 aromatic rings. The molecular weight excluding hydrogens is 1040 g/mol. The highest BCUT2D eigenvalue weighted by atomic mass is 31.2. The lowest BCUT2D eigenvalue weighted by Crippen LogP contribution is -2.37. The first-order chi connectivity index (χ1) is 40.0. The van der Waals surface area contributed by atoms with E-state index < -0.39 is 26.5 Å². The number of quaternary nitrogens is 1. The average molecular weight is 1160 g/mol. The van der Waals surface area contributed by atoms with Crippen LogP contribution in [0.25, 0.3) is 0 Å². The van der Waals surface area contributed by atoms with Gasteiger partial charge in [0.25, 0.3) is 0 Å². The number of phosphoric acid groups is 1. The molecule has 0 fully saturated rings. The van der Waals surface area contributed by atoms with Gasteiger partial charge in [0.15, 0.2) is 6.10 Å². The summed E-state index contributed by atoms with van der Waals surface area (Å²) in [6.45, 7) is 4.18. The van der Waals surface area contributed by atoms with Crippen molar-refractivity contribution in [2.75, 3.05) is 47.5 Å². The Morgan fingerprint density at radius 3 is 0.976 bits per heavy atom. The molecule has 0 aromatic heterocycles. The van der Waals surface area contributed by atoms with Crippen LogP contribution >= 0.6 is 7.82 Å². The standard InChI is InChI=1S/C72H120NO8P/c1-6-8-10-12-14-16-18-20-22-24-26-27-28-29-30-31-32-33-34-35-36-37-38-39-40-41-42-43-44-45-47-49-51-53-55-57-59-61-63-65-72(75)81-70(69-80-82(76,77)79-67-66-73(3,4)5)68-78-71(74)64-62-60-58-56-54-52-50-48-46-25-23-21-19-17-15-13-11-9-7-2/h8-11,14-17,20-23,26-27,29-30,32-33,35-36,38-39,46,48,70H,6-7,12-13,18-19,24-25,28,31,34,37,40-45,47,49-69H2,1-5H3/p+1/b10-8-,11-9-,16-14-,17-15-,22-20-,23-21-,27-26-,30-29-,33-32-,36-35-,39-38-,48-46-. The molecule has 1 N–H and O–H groups in total. The molecule has 0 aliphatic carbocycles. The molecule has 2 unspecified atom stereocenters. The number of hydrogen-bond donors (Lipinski definition) is 1. The summed E-state index contributed by atoms with van der Waals surface area (Å²) in [7, 11) is 1.45. The smallest absolute Gasteiger partial charge is 0.462 e. The van der Waals surface area contributed by atoms with Crippen molar-refractivity contribution >= 4 is 19.8 Å². The number of phosphoric ester groups is 1. The minimum Gasteiger partial charge on any atom is -0.462 e. The quantitative estimate of drug-likeness (QED) is 0.0211. The predicted octanol–water partition coefficient (Wildman–Crippen LogP) is 21.0. The van der Waals surface area contributed by atoms with E-state index in [0.29, 0.717) is 17.4 Å². The molecule has 0 saturated heterocycles. The van der Waals surface area contributed by atoms with E-state index in [4.69, 9.17) is 18.5 Å². The average Bonchev–Trinajstić information content (AvgIpc) is 3.46. The van der Waals surface area contributed by atoms with Crippen molar-refractivity contribution in [1.29, 1.82) is 0 Å². The number of carbonyl (C=O) groups excluding carboxylic acids is 2. The second-order valence-corrected chi connectivity index (χ2v) is 23.8. The fraction of sp³-hybridized carbons (Fsp3) is 0.639. The molecule has 0 aliphatic heterocycles. The van der Waals surface area contributed by atoms with E-state index in [9.17, 15) is 19.0 Å². The van der Waals surface area contributed by atoms with E-state index in [1.807, 2.05) is 21.1 Å². The molecule has 0 radical (unpaired) electrons. The first kappa shape index (κ1) is 77.9. The summed E-state index contributed by atoms with van der Waals surface area (Å²) in [5, 5.41) is 0. The van der Waals surface area contributed by atoms with Crippen molar-refractivity contribution in [2.45, 2.75) is 251 Å². The van der Waals surface area contributed by atoms with Crippen molar-refractivity contribution < 1.29 is 42.1 Å². The SMILES string of the molecule is CC/C=C\C/C=C\C/C=C\C/C=C\C/C=C\C/C=C\C/C=C\C/C=C\CCCCCCCCCCCCCCCCC(=O)OC(COC(=O)CCCCCCCC/C=C\C/C=C\C/C=C\C/C=C\CC)COP(=O)(O)OCC[N+](C)(C)C. The van der Waals surface area contributed by atoms with E-state index in [2.05, 4.69) is 160 Å². The van der Waals surface area contributed by atoms with E-state index in [1.165, 1.54) is 70.6 Å². The monoisotopic (exact) mass is 1160 g/mol. The van der Waals surface area contributed by atoms with Crippen LogP contribution in [0.4, 0.5) is 0 Å². The summed E-state index contributed by atoms with van der Waals surface area (Å²) in [5.41, 5.74) is 0. The number of unbranched alkanes of at least 4 members (excludes halogenated alkanes) is 20. The Kier molecular flexibility index (Phi) is 58.4. The number of hydrogen-bond acceptors (Lipinski definition) is 7. The largest absolute Gasteiger partial charge is 0.472 e. The van der Waals surface area contributed by atoms with Crippen LogP contribution in [-0.4, -0.2) is 74.9 Å². The molecule has 10 heteroatoms. The van der Waals surface area contributed by atoms with E-state index in [-0.39, 0.29) is 32.0 Å². The molecule has 82 heavy (non-hydrogen) atoms. The molecule has 0 saturated carbocycles. The van der Waals surface area contributed by atoms with Gasteiger partial charge < -0.3 is 18.9 Å². The van der Waals surface area contributed by atoms with Crippen LogP contribution in [0.15, 0.2) is 146 Å². The molecule has 466 valence electrons. The normalized spacial score (nSPS) is 14.2. The van der Waals surface area contributed by atoms with E-state index >= 15 is 0 Å². The molecule has 0 aliphatic rings. The highest BCUT2D eigenvalue weighted by Crippen LogP contribution is 2.43. The van der Waals surface area contributed by atoms with Gasteiger partial charge in [0.05, 0.1) is 27.7 Å². The van der Waals surface area contributed by atoms with Crippen molar-refractivity contribution in [3.63, 3.8) is 0 Å². The van der Waals surface area contributed by atoms with Crippen LogP contribution in [0, 0.1) is 0 Å². The number of likely N-dealkylation sites (N-methyl/N-ethyl adjacent to an activating group) is 1. The summed E-state index contributed by atoms with van der Waals surface area (Å²) in [5.74, 6) is -0.820. The van der Waals surface area contributed by atoms with Crippen molar-refractivity contribution in [3.05, 3.63) is 146 Å². The van der Waals surface area contributed by atoms with E-state index in [0.717, 1.165) is 141 Å². The third-order valence-electron chi connectivity index (χ3n) is 13.4. The second kappa shape index (κ2) is 61.5. The lowest BCUT2D eigenvalue weighted by Gasteiger charge is -2.24. The summed E-state index contributed by atoms with van der Waals surface area (Å²) >= 11 is 0. The molecule has 0 aromatic carbocycles. The predicted molar refractivity (Wildman–Crippen MR) is 353 cm³/mol. The lowest BCUT2D eigenvalue weighted by atomic mass is 10.0. The zero-order valence-electron chi connectivity index (χ0n) is 52.9. The number of ether oxygens (including phenoxy) is 2. The third-order valence-corrected chi connectivity index (χ3v) is 14.3. The number of nitrogens with zero attached hydrogens (tertiary/aromatic N) is 1. The van der Waals surface area contributed by atoms with Gasteiger partial charge in [0.2, 0.25) is 0 Å². The Morgan fingerprint density at radius 1 is 0.378 bits per heavy atom. The molecule has 9 nitrogen and oxygen atoms in total. The highest BCUT2D eigenvalue weighted by molar-refractivity contribution is 7.47. The van der Waals surface area contributed by atoms with Crippen LogP contribution in [0.3, 0.4) is 0 Å². The number of esters is 2. The molecule has 2 atom stereocenters. The molecule has 0 bridgehead atoms. The molecule has 0 amide bonds. The van der Waals surface area contributed by atoms with Gasteiger partial charge in [0, 0.05) is 12.8 Å². The highest BCUT2D eigenvalue weighted by Gasteiger charge is 2.27. The topological polar surface area (TPSA) is 108 Å². The third kappa shape index (κ3) is 65.0. The summed E-state index contributed by atoms with van der Waals surface area (Å²) in [6.07, 6.45) is 90.8. The molecule has 0 spiro atoms. The minimum atomic E-state index is -4.40. The van der Waals surface area contributed by atoms with Gasteiger partial charge in [-0.1, -0.05) is 262 Å². The van der Waals surface area contributed by atoms with Crippen molar-refractivity contribution in [3.8, 4) is 0 Å². The summed E-state index contributed by atoms with van der Waals surface area (Å²) in [4.78, 5) is 35.8. The summed E-state index contributed by atoms with van der Waals surface area (Å²) in [6, 6.07) is 0. The Morgan fingerprint density at radius 2 is 0.659 bits per heavy atom. The fourth-order valence-electron chi connectivity index (χ4n) is 8.43. The van der Waals surface area contributed by atoms with Gasteiger partial charge in [-0.05, 0) is 116 Å². The van der Waals surface area contributed by atoms with Crippen LogP contribution in [0.2, 0.25) is 0 Å². The Labute approximate surface area is 503 Å². The first-order valence-corrected chi connectivity index (χ1v) is 34.1. The zero-order chi connectivity index (χ0) is 59.8. The van der Waals surface area contributed by atoms with Crippen LogP contribution in [0.5, 0.6) is 0 Å². The van der Waals surface area contributed by atoms with Gasteiger partial charge in [-0.2, -0.15) is 0 Å². The van der Waals surface area contributed by atoms with Crippen molar-refractivity contribution in [2.24, 2.45) is 0 Å². The van der Waals surface area contributed by atoms with Gasteiger partial charge in [0.1, 0.15) is 19.8 Å². The minimum absolute atomic E-state index is 0.0226. The Bertz CT molecular complexity index is 1890. The van der Waals surface area contributed by atoms with Crippen molar-refractivity contribution in [1.82, 2.24) is 0 Å². The van der Waals surface area contributed by atoms with Gasteiger partial charge >= 0.3 is 19.8 Å². The van der Waals surface area contributed by atoms with Crippen LogP contribution < -0.4 is 0 Å². The zero-order valence-corrected chi connectivity index (χ0v) is 53.8. The maximum Gasteiger partial charge on any atom is 0.472 e. The van der Waals surface area contributed by atoms with Crippen LogP contribution in [-0.2, 0) is 32.7 Å².